The van der Waals surface area contributed by atoms with Gasteiger partial charge in [0.15, 0.2) is 0 Å². The second-order valence-electron chi connectivity index (χ2n) is 6.05. The van der Waals surface area contributed by atoms with Gasteiger partial charge in [0.1, 0.15) is 0 Å². The summed E-state index contributed by atoms with van der Waals surface area (Å²) in [7, 11) is 4.34. The third-order valence-electron chi connectivity index (χ3n) is 4.48. The molecule has 18 heavy (non-hydrogen) atoms. The molecule has 0 radical (unpaired) electrons. The normalized spacial score (nSPS) is 29.0. The van der Waals surface area contributed by atoms with Crippen LogP contribution in [0.1, 0.15) is 25.7 Å². The predicted molar refractivity (Wildman–Crippen MR) is 74.7 cm³/mol. The zero-order chi connectivity index (χ0) is 13.0. The van der Waals surface area contributed by atoms with Gasteiger partial charge in [-0.15, -0.1) is 0 Å². The van der Waals surface area contributed by atoms with Crippen LogP contribution in [0.25, 0.3) is 0 Å². The molecule has 0 amide bonds. The van der Waals surface area contributed by atoms with E-state index in [4.69, 9.17) is 10.5 Å². The standard InChI is InChI=1S/C14H29N3O/c1-16(2)11-13-4-3-7-17(13)14(10-15)12-5-8-18-9-6-12/h12-14H,3-11,15H2,1-2H3. The monoisotopic (exact) mass is 255 g/mol. The van der Waals surface area contributed by atoms with Crippen molar-refractivity contribution in [2.75, 3.05) is 46.9 Å². The average Bonchev–Trinajstić information content (AvgIpc) is 2.79. The quantitative estimate of drug-likeness (QED) is 0.788. The zero-order valence-corrected chi connectivity index (χ0v) is 12.0. The van der Waals surface area contributed by atoms with E-state index >= 15 is 0 Å². The van der Waals surface area contributed by atoms with E-state index in [0.717, 1.165) is 25.7 Å². The van der Waals surface area contributed by atoms with Crippen molar-refractivity contribution >= 4 is 0 Å². The predicted octanol–water partition coefficient (Wildman–Crippen LogP) is 0.766. The van der Waals surface area contributed by atoms with Crippen LogP contribution < -0.4 is 5.73 Å². The summed E-state index contributed by atoms with van der Waals surface area (Å²) in [4.78, 5) is 5.00. The van der Waals surface area contributed by atoms with Gasteiger partial charge < -0.3 is 15.4 Å². The van der Waals surface area contributed by atoms with Crippen molar-refractivity contribution < 1.29 is 4.74 Å². The lowest BCUT2D eigenvalue weighted by Crippen LogP contribution is -2.51. The molecule has 0 aliphatic carbocycles. The molecule has 2 aliphatic rings. The van der Waals surface area contributed by atoms with Gasteiger partial charge in [-0.05, 0) is 52.2 Å². The highest BCUT2D eigenvalue weighted by atomic mass is 16.5. The molecule has 2 unspecified atom stereocenters. The Balaban J connectivity index is 1.96. The van der Waals surface area contributed by atoms with Crippen LogP contribution in [0.3, 0.4) is 0 Å². The Morgan fingerprint density at radius 2 is 2.00 bits per heavy atom. The molecule has 2 fully saturated rings. The largest absolute Gasteiger partial charge is 0.381 e. The van der Waals surface area contributed by atoms with Crippen LogP contribution in [0, 0.1) is 5.92 Å². The number of nitrogens with two attached hydrogens (primary N) is 1. The van der Waals surface area contributed by atoms with Crippen molar-refractivity contribution in [3.63, 3.8) is 0 Å². The summed E-state index contributed by atoms with van der Waals surface area (Å²) in [5.41, 5.74) is 6.08. The van der Waals surface area contributed by atoms with Crippen molar-refractivity contribution in [1.29, 1.82) is 0 Å². The van der Waals surface area contributed by atoms with Gasteiger partial charge in [-0.2, -0.15) is 0 Å². The number of nitrogens with zero attached hydrogens (tertiary/aromatic N) is 2. The molecule has 2 aliphatic heterocycles. The van der Waals surface area contributed by atoms with E-state index in [-0.39, 0.29) is 0 Å². The molecule has 0 saturated carbocycles. The number of likely N-dealkylation sites (tertiary alicyclic amines) is 1. The summed E-state index contributed by atoms with van der Waals surface area (Å²) in [6, 6.07) is 1.28. The van der Waals surface area contributed by atoms with Crippen molar-refractivity contribution in [2.24, 2.45) is 11.7 Å². The lowest BCUT2D eigenvalue weighted by Gasteiger charge is -2.39. The maximum absolute atomic E-state index is 6.08. The van der Waals surface area contributed by atoms with E-state index < -0.39 is 0 Å². The fraction of sp³-hybridized carbons (Fsp3) is 1.00. The summed E-state index contributed by atoms with van der Waals surface area (Å²) >= 11 is 0. The molecule has 106 valence electrons. The van der Waals surface area contributed by atoms with Gasteiger partial charge in [-0.3, -0.25) is 4.90 Å². The fourth-order valence-electron chi connectivity index (χ4n) is 3.61. The lowest BCUT2D eigenvalue weighted by molar-refractivity contribution is 0.0214. The van der Waals surface area contributed by atoms with Crippen LogP contribution >= 0.6 is 0 Å². The molecule has 4 heteroatoms. The first-order valence-corrected chi connectivity index (χ1v) is 7.40. The minimum Gasteiger partial charge on any atom is -0.381 e. The van der Waals surface area contributed by atoms with Gasteiger partial charge in [-0.25, -0.2) is 0 Å². The molecule has 4 nitrogen and oxygen atoms in total. The summed E-state index contributed by atoms with van der Waals surface area (Å²) in [6.07, 6.45) is 5.04. The minimum atomic E-state index is 0.571. The topological polar surface area (TPSA) is 41.7 Å². The lowest BCUT2D eigenvalue weighted by atomic mass is 9.90. The molecule has 0 bridgehead atoms. The first-order valence-electron chi connectivity index (χ1n) is 7.40. The van der Waals surface area contributed by atoms with Crippen molar-refractivity contribution in [3.8, 4) is 0 Å². The van der Waals surface area contributed by atoms with Gasteiger partial charge in [0.05, 0.1) is 0 Å². The molecular weight excluding hydrogens is 226 g/mol. The molecule has 0 aromatic carbocycles. The zero-order valence-electron chi connectivity index (χ0n) is 12.0. The number of rotatable bonds is 5. The average molecular weight is 255 g/mol. The molecule has 0 spiro atoms. The molecule has 2 N–H and O–H groups in total. The van der Waals surface area contributed by atoms with Crippen LogP contribution in [0.5, 0.6) is 0 Å². The van der Waals surface area contributed by atoms with E-state index in [1.807, 2.05) is 0 Å². The molecule has 2 heterocycles. The van der Waals surface area contributed by atoms with Gasteiger partial charge in [0.25, 0.3) is 0 Å². The Kier molecular flexibility index (Phi) is 5.42. The van der Waals surface area contributed by atoms with Gasteiger partial charge >= 0.3 is 0 Å². The van der Waals surface area contributed by atoms with Crippen molar-refractivity contribution in [3.05, 3.63) is 0 Å². The van der Waals surface area contributed by atoms with Crippen LogP contribution in [0.2, 0.25) is 0 Å². The van der Waals surface area contributed by atoms with Crippen LogP contribution in [0.4, 0.5) is 0 Å². The summed E-state index contributed by atoms with van der Waals surface area (Å²) in [6.45, 7) is 5.05. The van der Waals surface area contributed by atoms with E-state index in [0.29, 0.717) is 12.1 Å². The second-order valence-corrected chi connectivity index (χ2v) is 6.05. The van der Waals surface area contributed by atoms with Crippen LogP contribution in [-0.4, -0.2) is 68.8 Å². The van der Waals surface area contributed by atoms with E-state index in [2.05, 4.69) is 23.9 Å². The van der Waals surface area contributed by atoms with E-state index in [1.165, 1.54) is 38.8 Å². The highest BCUT2D eigenvalue weighted by Gasteiger charge is 2.35. The third-order valence-corrected chi connectivity index (χ3v) is 4.48. The summed E-state index contributed by atoms with van der Waals surface area (Å²) in [5, 5.41) is 0. The van der Waals surface area contributed by atoms with Crippen LogP contribution in [0.15, 0.2) is 0 Å². The van der Waals surface area contributed by atoms with E-state index in [1.54, 1.807) is 0 Å². The molecule has 2 saturated heterocycles. The Labute approximate surface area is 111 Å². The highest BCUT2D eigenvalue weighted by Crippen LogP contribution is 2.28. The first-order chi connectivity index (χ1) is 8.72. The molecule has 2 rings (SSSR count). The number of likely N-dealkylation sites (N-methyl/N-ethyl adjacent to an activating group) is 1. The smallest absolute Gasteiger partial charge is 0.0469 e. The maximum atomic E-state index is 6.08. The number of hydrogen-bond donors (Lipinski definition) is 1. The van der Waals surface area contributed by atoms with Gasteiger partial charge in [0.2, 0.25) is 0 Å². The molecule has 2 atom stereocenters. The van der Waals surface area contributed by atoms with Crippen LogP contribution in [-0.2, 0) is 4.74 Å². The summed E-state index contributed by atoms with van der Waals surface area (Å²) < 4.78 is 5.48. The van der Waals surface area contributed by atoms with Gasteiger partial charge in [0, 0.05) is 38.4 Å². The number of ether oxygens (including phenoxy) is 1. The van der Waals surface area contributed by atoms with Crippen molar-refractivity contribution in [1.82, 2.24) is 9.80 Å². The van der Waals surface area contributed by atoms with E-state index in [9.17, 15) is 0 Å². The Morgan fingerprint density at radius 3 is 2.61 bits per heavy atom. The first kappa shape index (κ1) is 14.3. The fourth-order valence-corrected chi connectivity index (χ4v) is 3.61. The minimum absolute atomic E-state index is 0.571. The Bertz CT molecular complexity index is 241. The third kappa shape index (κ3) is 3.44. The molecular formula is C14H29N3O. The molecule has 0 aromatic rings. The van der Waals surface area contributed by atoms with Crippen molar-refractivity contribution in [2.45, 2.75) is 37.8 Å². The summed E-state index contributed by atoms with van der Waals surface area (Å²) in [5.74, 6) is 0.742. The SMILES string of the molecule is CN(C)CC1CCCN1C(CN)C1CCOCC1. The van der Waals surface area contributed by atoms with Gasteiger partial charge in [-0.1, -0.05) is 0 Å². The number of hydrogen-bond acceptors (Lipinski definition) is 4. The maximum Gasteiger partial charge on any atom is 0.0469 e. The Morgan fingerprint density at radius 1 is 1.28 bits per heavy atom. The Hall–Kier alpha value is -0.160. The molecule has 0 aromatic heterocycles. The second kappa shape index (κ2) is 6.85. The highest BCUT2D eigenvalue weighted by molar-refractivity contribution is 4.90.